The molecule has 0 saturated carbocycles. The predicted octanol–water partition coefficient (Wildman–Crippen LogP) is 1.78. The van der Waals surface area contributed by atoms with Crippen molar-refractivity contribution in [2.45, 2.75) is 0 Å². The Morgan fingerprint density at radius 3 is 2.95 bits per heavy atom. The van der Waals surface area contributed by atoms with Gasteiger partial charge in [-0.2, -0.15) is 10.4 Å². The molecule has 96 valence electrons. The van der Waals surface area contributed by atoms with Crippen LogP contribution in [-0.4, -0.2) is 15.7 Å². The molecule has 0 unspecified atom stereocenters. The first-order valence-corrected chi connectivity index (χ1v) is 5.69. The molecule has 0 saturated heterocycles. The van der Waals surface area contributed by atoms with Crippen molar-refractivity contribution in [2.75, 3.05) is 11.1 Å². The molecule has 0 aliphatic carbocycles. The monoisotopic (exact) mass is 275 g/mol. The highest BCUT2D eigenvalue weighted by Gasteiger charge is 2.15. The number of rotatable bonds is 2. The fraction of sp³-hybridized carbons (Fsp3) is 0.0833. The average Bonchev–Trinajstić information content (AvgIpc) is 2.70. The lowest BCUT2D eigenvalue weighted by atomic mass is 10.2. The minimum absolute atomic E-state index is 0.248. The van der Waals surface area contributed by atoms with Crippen LogP contribution in [0.15, 0.2) is 24.4 Å². The number of amides is 1. The van der Waals surface area contributed by atoms with E-state index >= 15 is 0 Å². The highest BCUT2D eigenvalue weighted by atomic mass is 35.5. The molecule has 2 rings (SSSR count). The molecule has 7 heteroatoms. The van der Waals surface area contributed by atoms with E-state index < -0.39 is 5.91 Å². The van der Waals surface area contributed by atoms with Gasteiger partial charge >= 0.3 is 0 Å². The number of benzene rings is 1. The van der Waals surface area contributed by atoms with Crippen LogP contribution < -0.4 is 11.1 Å². The van der Waals surface area contributed by atoms with E-state index in [9.17, 15) is 4.79 Å². The standard InChI is InChI=1S/C12H10ClN5O/c1-18-11(7(5-14)6-16-18)17-12(19)9-3-2-8(15)4-10(9)13/h2-4,6H,15H2,1H3,(H,17,19). The molecule has 0 bridgehead atoms. The molecule has 0 aliphatic heterocycles. The summed E-state index contributed by atoms with van der Waals surface area (Å²) in [5.74, 6) is -0.106. The van der Waals surface area contributed by atoms with Crippen molar-refractivity contribution in [3.05, 3.63) is 40.5 Å². The highest BCUT2D eigenvalue weighted by molar-refractivity contribution is 6.34. The van der Waals surface area contributed by atoms with E-state index in [0.717, 1.165) is 0 Å². The largest absolute Gasteiger partial charge is 0.399 e. The number of anilines is 2. The van der Waals surface area contributed by atoms with Gasteiger partial charge in [0.1, 0.15) is 17.5 Å². The fourth-order valence-electron chi connectivity index (χ4n) is 1.56. The van der Waals surface area contributed by atoms with Crippen LogP contribution in [0, 0.1) is 11.3 Å². The van der Waals surface area contributed by atoms with Gasteiger partial charge in [0.05, 0.1) is 16.8 Å². The molecule has 1 aromatic carbocycles. The summed E-state index contributed by atoms with van der Waals surface area (Å²) >= 11 is 5.95. The third-order valence-electron chi connectivity index (χ3n) is 2.53. The van der Waals surface area contributed by atoms with Gasteiger partial charge in [-0.05, 0) is 18.2 Å². The lowest BCUT2D eigenvalue weighted by molar-refractivity contribution is 0.102. The molecule has 1 aromatic heterocycles. The molecule has 0 radical (unpaired) electrons. The zero-order chi connectivity index (χ0) is 14.0. The maximum absolute atomic E-state index is 12.1. The van der Waals surface area contributed by atoms with Gasteiger partial charge in [0, 0.05) is 12.7 Å². The quantitative estimate of drug-likeness (QED) is 0.817. The molecule has 0 fully saturated rings. The summed E-state index contributed by atoms with van der Waals surface area (Å²) in [6.07, 6.45) is 1.38. The number of hydrogen-bond donors (Lipinski definition) is 2. The Labute approximate surface area is 114 Å². The van der Waals surface area contributed by atoms with Crippen LogP contribution in [0.2, 0.25) is 5.02 Å². The Kier molecular flexibility index (Phi) is 3.40. The lowest BCUT2D eigenvalue weighted by Gasteiger charge is -2.07. The second-order valence-corrected chi connectivity index (χ2v) is 4.24. The maximum atomic E-state index is 12.1. The Morgan fingerprint density at radius 2 is 2.32 bits per heavy atom. The molecule has 3 N–H and O–H groups in total. The third-order valence-corrected chi connectivity index (χ3v) is 2.84. The lowest BCUT2D eigenvalue weighted by Crippen LogP contribution is -2.16. The number of aryl methyl sites for hydroxylation is 1. The summed E-state index contributed by atoms with van der Waals surface area (Å²) in [6, 6.07) is 6.54. The molecular weight excluding hydrogens is 266 g/mol. The van der Waals surface area contributed by atoms with Crippen molar-refractivity contribution in [1.82, 2.24) is 9.78 Å². The van der Waals surface area contributed by atoms with Crippen molar-refractivity contribution in [1.29, 1.82) is 5.26 Å². The second kappa shape index (κ2) is 5.00. The molecule has 2 aromatic rings. The zero-order valence-electron chi connectivity index (χ0n) is 10.0. The smallest absolute Gasteiger partial charge is 0.258 e. The molecule has 0 spiro atoms. The number of nitrogen functional groups attached to an aromatic ring is 1. The average molecular weight is 276 g/mol. The van der Waals surface area contributed by atoms with Gasteiger partial charge < -0.3 is 11.1 Å². The summed E-state index contributed by atoms with van der Waals surface area (Å²) in [6.45, 7) is 0. The molecule has 0 aliphatic rings. The number of nitrogens with two attached hydrogens (primary N) is 1. The third kappa shape index (κ3) is 2.51. The van der Waals surface area contributed by atoms with Crippen LogP contribution in [0.1, 0.15) is 15.9 Å². The zero-order valence-corrected chi connectivity index (χ0v) is 10.8. The van der Waals surface area contributed by atoms with E-state index in [4.69, 9.17) is 22.6 Å². The minimum atomic E-state index is -0.426. The number of carbonyl (C=O) groups excluding carboxylic acids is 1. The van der Waals surface area contributed by atoms with Gasteiger partial charge in [-0.15, -0.1) is 0 Å². The molecule has 19 heavy (non-hydrogen) atoms. The Balaban J connectivity index is 2.31. The van der Waals surface area contributed by atoms with Gasteiger partial charge in [0.2, 0.25) is 0 Å². The minimum Gasteiger partial charge on any atom is -0.399 e. The first-order valence-electron chi connectivity index (χ1n) is 5.31. The molecule has 1 amide bonds. The molecule has 1 heterocycles. The summed E-state index contributed by atoms with van der Waals surface area (Å²) in [5, 5.41) is 15.7. The first kappa shape index (κ1) is 12.9. The Morgan fingerprint density at radius 1 is 1.58 bits per heavy atom. The van der Waals surface area contributed by atoms with Crippen molar-refractivity contribution < 1.29 is 4.79 Å². The predicted molar refractivity (Wildman–Crippen MR) is 71.7 cm³/mol. The summed E-state index contributed by atoms with van der Waals surface area (Å²) in [5.41, 5.74) is 6.59. The SMILES string of the molecule is Cn1ncc(C#N)c1NC(=O)c1ccc(N)cc1Cl. The fourth-order valence-corrected chi connectivity index (χ4v) is 1.83. The first-order chi connectivity index (χ1) is 9.02. The number of aromatic nitrogens is 2. The van der Waals surface area contributed by atoms with Crippen LogP contribution in [0.5, 0.6) is 0 Å². The van der Waals surface area contributed by atoms with Crippen LogP contribution >= 0.6 is 11.6 Å². The van der Waals surface area contributed by atoms with E-state index in [1.807, 2.05) is 6.07 Å². The normalized spacial score (nSPS) is 9.95. The van der Waals surface area contributed by atoms with Crippen molar-refractivity contribution >= 4 is 29.0 Å². The van der Waals surface area contributed by atoms with Crippen LogP contribution in [0.4, 0.5) is 11.5 Å². The number of nitrogens with one attached hydrogen (secondary N) is 1. The maximum Gasteiger partial charge on any atom is 0.258 e. The highest BCUT2D eigenvalue weighted by Crippen LogP contribution is 2.21. The van der Waals surface area contributed by atoms with E-state index in [-0.39, 0.29) is 16.1 Å². The number of carbonyl (C=O) groups is 1. The van der Waals surface area contributed by atoms with E-state index in [1.54, 1.807) is 13.1 Å². The van der Waals surface area contributed by atoms with Crippen LogP contribution in [0.3, 0.4) is 0 Å². The number of halogens is 1. The van der Waals surface area contributed by atoms with Gasteiger partial charge in [0.15, 0.2) is 0 Å². The Hall–Kier alpha value is -2.52. The van der Waals surface area contributed by atoms with Crippen molar-refractivity contribution in [2.24, 2.45) is 7.05 Å². The van der Waals surface area contributed by atoms with Crippen molar-refractivity contribution in [3.63, 3.8) is 0 Å². The van der Waals surface area contributed by atoms with Gasteiger partial charge in [0.25, 0.3) is 5.91 Å². The number of nitrogens with zero attached hydrogens (tertiary/aromatic N) is 3. The van der Waals surface area contributed by atoms with Gasteiger partial charge in [-0.25, -0.2) is 0 Å². The summed E-state index contributed by atoms with van der Waals surface area (Å²) < 4.78 is 1.40. The van der Waals surface area contributed by atoms with Crippen molar-refractivity contribution in [3.8, 4) is 6.07 Å². The molecular formula is C12H10ClN5O. The van der Waals surface area contributed by atoms with Gasteiger partial charge in [-0.1, -0.05) is 11.6 Å². The van der Waals surface area contributed by atoms with E-state index in [1.165, 1.54) is 23.0 Å². The van der Waals surface area contributed by atoms with E-state index in [2.05, 4.69) is 10.4 Å². The number of nitriles is 1. The molecule has 6 nitrogen and oxygen atoms in total. The Bertz CT molecular complexity index is 686. The number of hydrogen-bond acceptors (Lipinski definition) is 4. The van der Waals surface area contributed by atoms with Crippen LogP contribution in [-0.2, 0) is 7.05 Å². The second-order valence-electron chi connectivity index (χ2n) is 3.84. The van der Waals surface area contributed by atoms with Crippen LogP contribution in [0.25, 0.3) is 0 Å². The topological polar surface area (TPSA) is 96.7 Å². The summed E-state index contributed by atoms with van der Waals surface area (Å²) in [7, 11) is 1.63. The summed E-state index contributed by atoms with van der Waals surface area (Å²) in [4.78, 5) is 12.1. The van der Waals surface area contributed by atoms with Gasteiger partial charge in [-0.3, -0.25) is 9.48 Å². The van der Waals surface area contributed by atoms with E-state index in [0.29, 0.717) is 11.5 Å². The molecule has 0 atom stereocenters.